The van der Waals surface area contributed by atoms with Gasteiger partial charge in [0.2, 0.25) is 0 Å². The van der Waals surface area contributed by atoms with Gasteiger partial charge in [-0.05, 0) is 17.7 Å². The van der Waals surface area contributed by atoms with E-state index in [-0.39, 0.29) is 0 Å². The number of hydrogen-bond donors (Lipinski definition) is 1. The third-order valence-corrected chi connectivity index (χ3v) is 2.68. The second kappa shape index (κ2) is 4.01. The van der Waals surface area contributed by atoms with Crippen LogP contribution in [0.3, 0.4) is 0 Å². The number of fused-ring (bicyclic) bond motifs is 1. The lowest BCUT2D eigenvalue weighted by Gasteiger charge is -2.18. The van der Waals surface area contributed by atoms with Gasteiger partial charge in [-0.25, -0.2) is 0 Å². The summed E-state index contributed by atoms with van der Waals surface area (Å²) in [6.45, 7) is 1.19. The molecule has 0 saturated carbocycles. The molecule has 0 radical (unpaired) electrons. The van der Waals surface area contributed by atoms with Gasteiger partial charge in [-0.2, -0.15) is 0 Å². The molecule has 1 aromatic carbocycles. The summed E-state index contributed by atoms with van der Waals surface area (Å²) in [5.74, 6) is 2.00. The molecule has 0 spiro atoms. The van der Waals surface area contributed by atoms with Crippen LogP contribution in [0.15, 0.2) is 29.0 Å². The van der Waals surface area contributed by atoms with Crippen molar-refractivity contribution in [2.45, 2.75) is 6.42 Å². The summed E-state index contributed by atoms with van der Waals surface area (Å²) in [6, 6.07) is 5.86. The Bertz CT molecular complexity index is 536. The molecule has 17 heavy (non-hydrogen) atoms. The molecular formula is C12H12N2O3. The predicted molar refractivity (Wildman–Crippen MR) is 61.2 cm³/mol. The van der Waals surface area contributed by atoms with Gasteiger partial charge in [-0.1, -0.05) is 11.2 Å². The first-order valence-corrected chi connectivity index (χ1v) is 5.40. The van der Waals surface area contributed by atoms with Crippen molar-refractivity contribution in [3.05, 3.63) is 35.6 Å². The molecule has 2 aromatic rings. The first-order valence-electron chi connectivity index (χ1n) is 5.40. The number of nitrogen functional groups attached to an aromatic ring is 1. The average Bonchev–Trinajstić information content (AvgIpc) is 2.75. The van der Waals surface area contributed by atoms with E-state index >= 15 is 0 Å². The fraction of sp³-hybridized carbons (Fsp3) is 0.250. The minimum atomic E-state index is 0.430. The highest BCUT2D eigenvalue weighted by molar-refractivity contribution is 5.46. The maximum Gasteiger partial charge on any atom is 0.170 e. The van der Waals surface area contributed by atoms with Crippen molar-refractivity contribution in [3.8, 4) is 11.5 Å². The minimum absolute atomic E-state index is 0.430. The van der Waals surface area contributed by atoms with Gasteiger partial charge in [0.1, 0.15) is 19.5 Å². The molecule has 0 bridgehead atoms. The van der Waals surface area contributed by atoms with Crippen LogP contribution in [0.2, 0.25) is 0 Å². The fourth-order valence-corrected chi connectivity index (χ4v) is 1.82. The van der Waals surface area contributed by atoms with Gasteiger partial charge in [0.15, 0.2) is 17.3 Å². The standard InChI is InChI=1S/C12H12N2O3/c13-12-9(7-17-14-12)5-8-1-2-10-11(6-8)16-4-3-15-10/h1-2,6-7H,3-5H2,(H2,13,14). The van der Waals surface area contributed by atoms with Crippen LogP contribution in [-0.2, 0) is 6.42 Å². The van der Waals surface area contributed by atoms with Crippen molar-refractivity contribution >= 4 is 5.82 Å². The normalized spacial score (nSPS) is 13.6. The molecule has 2 N–H and O–H groups in total. The van der Waals surface area contributed by atoms with E-state index in [1.54, 1.807) is 6.26 Å². The van der Waals surface area contributed by atoms with E-state index in [1.165, 1.54) is 0 Å². The van der Waals surface area contributed by atoms with Crippen molar-refractivity contribution in [2.24, 2.45) is 0 Å². The SMILES string of the molecule is Nc1nocc1Cc1ccc2c(c1)OCCO2. The van der Waals surface area contributed by atoms with Crippen molar-refractivity contribution in [3.63, 3.8) is 0 Å². The minimum Gasteiger partial charge on any atom is -0.486 e. The molecule has 0 atom stereocenters. The van der Waals surface area contributed by atoms with Gasteiger partial charge >= 0.3 is 0 Å². The van der Waals surface area contributed by atoms with Crippen LogP contribution in [-0.4, -0.2) is 18.4 Å². The molecule has 0 unspecified atom stereocenters. The van der Waals surface area contributed by atoms with Gasteiger partial charge in [0.25, 0.3) is 0 Å². The second-order valence-corrected chi connectivity index (χ2v) is 3.88. The number of rotatable bonds is 2. The molecule has 0 amide bonds. The Hall–Kier alpha value is -2.17. The number of ether oxygens (including phenoxy) is 2. The lowest BCUT2D eigenvalue weighted by Crippen LogP contribution is -2.15. The third-order valence-electron chi connectivity index (χ3n) is 2.68. The van der Waals surface area contributed by atoms with Crippen molar-refractivity contribution in [2.75, 3.05) is 18.9 Å². The molecule has 5 heteroatoms. The molecule has 1 aromatic heterocycles. The van der Waals surface area contributed by atoms with Gasteiger partial charge < -0.3 is 19.7 Å². The highest BCUT2D eigenvalue weighted by atomic mass is 16.6. The van der Waals surface area contributed by atoms with E-state index in [0.29, 0.717) is 25.5 Å². The first-order chi connectivity index (χ1) is 8.33. The van der Waals surface area contributed by atoms with E-state index in [0.717, 1.165) is 22.6 Å². The summed E-state index contributed by atoms with van der Waals surface area (Å²) in [7, 11) is 0. The van der Waals surface area contributed by atoms with Gasteiger partial charge in [-0.3, -0.25) is 0 Å². The van der Waals surface area contributed by atoms with Crippen LogP contribution in [0.5, 0.6) is 11.5 Å². The second-order valence-electron chi connectivity index (χ2n) is 3.88. The lowest BCUT2D eigenvalue weighted by molar-refractivity contribution is 0.171. The van der Waals surface area contributed by atoms with E-state index in [9.17, 15) is 0 Å². The zero-order chi connectivity index (χ0) is 11.7. The topological polar surface area (TPSA) is 70.5 Å². The Labute approximate surface area is 98.1 Å². The number of hydrogen-bond acceptors (Lipinski definition) is 5. The Morgan fingerprint density at radius 1 is 1.18 bits per heavy atom. The molecule has 0 fully saturated rings. The number of benzene rings is 1. The number of nitrogens with two attached hydrogens (primary N) is 1. The summed E-state index contributed by atoms with van der Waals surface area (Å²) < 4.78 is 15.8. The number of aromatic nitrogens is 1. The molecule has 0 aliphatic carbocycles. The van der Waals surface area contributed by atoms with E-state index in [4.69, 9.17) is 19.7 Å². The quantitative estimate of drug-likeness (QED) is 0.851. The monoisotopic (exact) mass is 232 g/mol. The molecule has 88 valence electrons. The molecule has 1 aliphatic rings. The summed E-state index contributed by atoms with van der Waals surface area (Å²) >= 11 is 0. The number of anilines is 1. The summed E-state index contributed by atoms with van der Waals surface area (Å²) in [5, 5.41) is 3.65. The van der Waals surface area contributed by atoms with Crippen LogP contribution >= 0.6 is 0 Å². The van der Waals surface area contributed by atoms with E-state index in [2.05, 4.69) is 5.16 Å². The Kier molecular flexibility index (Phi) is 2.36. The summed E-state index contributed by atoms with van der Waals surface area (Å²) in [5.41, 5.74) is 7.63. The molecule has 3 rings (SSSR count). The molecular weight excluding hydrogens is 220 g/mol. The third kappa shape index (κ3) is 1.91. The molecule has 5 nitrogen and oxygen atoms in total. The van der Waals surface area contributed by atoms with Crippen molar-refractivity contribution < 1.29 is 14.0 Å². The van der Waals surface area contributed by atoms with Crippen molar-refractivity contribution in [1.82, 2.24) is 5.16 Å². The zero-order valence-corrected chi connectivity index (χ0v) is 9.18. The maximum absolute atomic E-state index is 5.67. The van der Waals surface area contributed by atoms with Crippen LogP contribution < -0.4 is 15.2 Å². The van der Waals surface area contributed by atoms with Gasteiger partial charge in [-0.15, -0.1) is 0 Å². The fourth-order valence-electron chi connectivity index (χ4n) is 1.82. The Balaban J connectivity index is 1.87. The summed E-state index contributed by atoms with van der Waals surface area (Å²) in [4.78, 5) is 0. The average molecular weight is 232 g/mol. The molecule has 1 aliphatic heterocycles. The highest BCUT2D eigenvalue weighted by Crippen LogP contribution is 2.31. The van der Waals surface area contributed by atoms with Crippen LogP contribution in [0, 0.1) is 0 Å². The lowest BCUT2D eigenvalue weighted by atomic mass is 10.1. The Morgan fingerprint density at radius 3 is 2.76 bits per heavy atom. The molecule has 0 saturated heterocycles. The highest BCUT2D eigenvalue weighted by Gasteiger charge is 2.13. The summed E-state index contributed by atoms with van der Waals surface area (Å²) in [6.07, 6.45) is 2.23. The maximum atomic E-state index is 5.67. The van der Waals surface area contributed by atoms with Crippen molar-refractivity contribution in [1.29, 1.82) is 0 Å². The smallest absolute Gasteiger partial charge is 0.170 e. The van der Waals surface area contributed by atoms with Crippen LogP contribution in [0.25, 0.3) is 0 Å². The Morgan fingerprint density at radius 2 is 2.00 bits per heavy atom. The predicted octanol–water partition coefficient (Wildman–Crippen LogP) is 1.62. The van der Waals surface area contributed by atoms with E-state index in [1.807, 2.05) is 18.2 Å². The first kappa shape index (κ1) is 10.0. The zero-order valence-electron chi connectivity index (χ0n) is 9.18. The number of nitrogens with zero attached hydrogens (tertiary/aromatic N) is 1. The van der Waals surface area contributed by atoms with E-state index < -0.39 is 0 Å². The van der Waals surface area contributed by atoms with Crippen LogP contribution in [0.1, 0.15) is 11.1 Å². The molecule has 2 heterocycles. The van der Waals surface area contributed by atoms with Gasteiger partial charge in [0, 0.05) is 12.0 Å². The van der Waals surface area contributed by atoms with Crippen LogP contribution in [0.4, 0.5) is 5.82 Å². The van der Waals surface area contributed by atoms with Gasteiger partial charge in [0.05, 0.1) is 0 Å². The largest absolute Gasteiger partial charge is 0.486 e.